The van der Waals surface area contributed by atoms with Crippen molar-refractivity contribution >= 4 is 27.8 Å². The highest BCUT2D eigenvalue weighted by molar-refractivity contribution is 6.02. The molecule has 0 amide bonds. The van der Waals surface area contributed by atoms with Gasteiger partial charge in [-0.25, -0.2) is 9.78 Å². The highest BCUT2D eigenvalue weighted by Crippen LogP contribution is 2.30. The summed E-state index contributed by atoms with van der Waals surface area (Å²) in [4.78, 5) is 15.3. The number of hydrogen-bond acceptors (Lipinski definition) is 3. The maximum absolute atomic E-state index is 10.9. The lowest BCUT2D eigenvalue weighted by molar-refractivity contribution is 0.0694. The van der Waals surface area contributed by atoms with Gasteiger partial charge in [-0.2, -0.15) is 0 Å². The topological polar surface area (TPSA) is 70.4 Å². The largest absolute Gasteiger partial charge is 0.506 e. The molecule has 3 rings (SSSR count). The van der Waals surface area contributed by atoms with Crippen molar-refractivity contribution in [2.75, 3.05) is 0 Å². The summed E-state index contributed by atoms with van der Waals surface area (Å²) >= 11 is 0. The number of nitrogens with zero attached hydrogens (tertiary/aromatic N) is 1. The van der Waals surface area contributed by atoms with Crippen LogP contribution in [0.25, 0.3) is 21.8 Å². The summed E-state index contributed by atoms with van der Waals surface area (Å²) < 4.78 is 0. The number of carbonyl (C=O) groups is 1. The molecule has 0 saturated carbocycles. The van der Waals surface area contributed by atoms with Gasteiger partial charge in [0.1, 0.15) is 11.3 Å². The summed E-state index contributed by atoms with van der Waals surface area (Å²) in [6.07, 6.45) is 0. The molecule has 2 aromatic carbocycles. The third-order valence-electron chi connectivity index (χ3n) is 2.90. The second kappa shape index (κ2) is 3.70. The van der Waals surface area contributed by atoms with Crippen LogP contribution in [0.4, 0.5) is 0 Å². The number of rotatable bonds is 1. The van der Waals surface area contributed by atoms with E-state index in [4.69, 9.17) is 5.11 Å². The van der Waals surface area contributed by atoms with Gasteiger partial charge in [-0.3, -0.25) is 0 Å². The monoisotopic (exact) mass is 239 g/mol. The zero-order chi connectivity index (χ0) is 12.7. The molecule has 0 aliphatic heterocycles. The first-order valence-electron chi connectivity index (χ1n) is 5.41. The number of fused-ring (bicyclic) bond motifs is 2. The van der Waals surface area contributed by atoms with Gasteiger partial charge >= 0.3 is 5.97 Å². The zero-order valence-corrected chi connectivity index (χ0v) is 9.29. The van der Waals surface area contributed by atoms with Crippen molar-refractivity contribution < 1.29 is 15.0 Å². The molecule has 1 aromatic heterocycles. The molecule has 1 heterocycles. The lowest BCUT2D eigenvalue weighted by Crippen LogP contribution is -1.97. The van der Waals surface area contributed by atoms with E-state index in [1.165, 1.54) is 6.07 Å². The van der Waals surface area contributed by atoms with Crippen molar-refractivity contribution in [3.8, 4) is 5.75 Å². The first-order valence-corrected chi connectivity index (χ1v) is 5.41. The highest BCUT2D eigenvalue weighted by Gasteiger charge is 2.13. The third-order valence-corrected chi connectivity index (χ3v) is 2.90. The molecule has 0 aliphatic rings. The average Bonchev–Trinajstić information content (AvgIpc) is 2.37. The second-order valence-electron chi connectivity index (χ2n) is 4.01. The Kier molecular flexibility index (Phi) is 2.16. The predicted octanol–water partition coefficient (Wildman–Crippen LogP) is 2.79. The summed E-state index contributed by atoms with van der Waals surface area (Å²) in [5, 5.41) is 20.2. The van der Waals surface area contributed by atoms with E-state index in [9.17, 15) is 9.90 Å². The van der Waals surface area contributed by atoms with Gasteiger partial charge in [0.15, 0.2) is 0 Å². The minimum atomic E-state index is -1.15. The van der Waals surface area contributed by atoms with Crippen LogP contribution in [0, 0.1) is 0 Å². The quantitative estimate of drug-likeness (QED) is 0.640. The van der Waals surface area contributed by atoms with Crippen LogP contribution in [0.1, 0.15) is 10.4 Å². The number of hydrogen-bond donors (Lipinski definition) is 2. The van der Waals surface area contributed by atoms with Crippen LogP contribution in [0.3, 0.4) is 0 Å². The summed E-state index contributed by atoms with van der Waals surface area (Å²) in [5.74, 6) is -1.39. The molecule has 4 heteroatoms. The molecular formula is C14H9NO3. The fraction of sp³-hybridized carbons (Fsp3) is 0. The molecule has 0 bridgehead atoms. The minimum Gasteiger partial charge on any atom is -0.506 e. The van der Waals surface area contributed by atoms with Crippen LogP contribution >= 0.6 is 0 Å². The first-order chi connectivity index (χ1) is 8.66. The Morgan fingerprint density at radius 3 is 2.61 bits per heavy atom. The van der Waals surface area contributed by atoms with Gasteiger partial charge in [-0.1, -0.05) is 18.2 Å². The van der Waals surface area contributed by atoms with Crippen LogP contribution < -0.4 is 0 Å². The van der Waals surface area contributed by atoms with Crippen LogP contribution in [-0.4, -0.2) is 21.2 Å². The van der Waals surface area contributed by atoms with E-state index >= 15 is 0 Å². The molecule has 0 atom stereocenters. The number of aromatic carboxylic acids is 1. The average molecular weight is 239 g/mol. The molecule has 0 fully saturated rings. The van der Waals surface area contributed by atoms with E-state index in [0.29, 0.717) is 10.9 Å². The number of aromatic hydroxyl groups is 1. The lowest BCUT2D eigenvalue weighted by Gasteiger charge is -2.05. The maximum atomic E-state index is 10.9. The van der Waals surface area contributed by atoms with Crippen LogP contribution in [0.15, 0.2) is 42.5 Å². The van der Waals surface area contributed by atoms with Crippen molar-refractivity contribution in [1.82, 2.24) is 4.98 Å². The molecule has 3 aromatic rings. The Morgan fingerprint density at radius 1 is 1.06 bits per heavy atom. The van der Waals surface area contributed by atoms with E-state index in [2.05, 4.69) is 4.98 Å². The van der Waals surface area contributed by atoms with Gasteiger partial charge in [0.2, 0.25) is 0 Å². The van der Waals surface area contributed by atoms with Gasteiger partial charge in [-0.15, -0.1) is 0 Å². The van der Waals surface area contributed by atoms with Crippen LogP contribution in [0.2, 0.25) is 0 Å². The minimum absolute atomic E-state index is 0.111. The van der Waals surface area contributed by atoms with Gasteiger partial charge in [0.05, 0.1) is 11.0 Å². The standard InChI is InChI=1S/C14H9NO3/c16-13-9(14(17)18)5-6-12-10(13)7-8-3-1-2-4-11(8)15-12/h1-7,16H,(H,17,18). The summed E-state index contributed by atoms with van der Waals surface area (Å²) in [6.45, 7) is 0. The number of carboxylic acid groups (broad SMARTS) is 1. The van der Waals surface area contributed by atoms with Crippen LogP contribution in [0.5, 0.6) is 5.75 Å². The molecule has 0 aliphatic carbocycles. The van der Waals surface area contributed by atoms with Crippen molar-refractivity contribution in [2.45, 2.75) is 0 Å². The molecule has 0 spiro atoms. The number of benzene rings is 2. The van der Waals surface area contributed by atoms with Gasteiger partial charge in [-0.05, 0) is 24.3 Å². The van der Waals surface area contributed by atoms with Gasteiger partial charge < -0.3 is 10.2 Å². The Bertz CT molecular complexity index is 780. The molecule has 18 heavy (non-hydrogen) atoms. The van der Waals surface area contributed by atoms with E-state index < -0.39 is 5.97 Å². The molecule has 2 N–H and O–H groups in total. The molecule has 0 radical (unpaired) electrons. The zero-order valence-electron chi connectivity index (χ0n) is 9.29. The molecule has 0 unspecified atom stereocenters. The summed E-state index contributed by atoms with van der Waals surface area (Å²) in [5.41, 5.74) is 1.28. The van der Waals surface area contributed by atoms with E-state index in [1.54, 1.807) is 12.1 Å². The highest BCUT2D eigenvalue weighted by atomic mass is 16.4. The normalized spacial score (nSPS) is 10.9. The Hall–Kier alpha value is -2.62. The smallest absolute Gasteiger partial charge is 0.339 e. The second-order valence-corrected chi connectivity index (χ2v) is 4.01. The molecule has 88 valence electrons. The lowest BCUT2D eigenvalue weighted by atomic mass is 10.1. The van der Waals surface area contributed by atoms with Crippen molar-refractivity contribution in [2.24, 2.45) is 0 Å². The number of phenols is 1. The van der Waals surface area contributed by atoms with E-state index in [1.807, 2.05) is 24.3 Å². The summed E-state index contributed by atoms with van der Waals surface area (Å²) in [6, 6.07) is 12.2. The fourth-order valence-corrected chi connectivity index (χ4v) is 2.01. The Labute approximate surface area is 102 Å². The Balaban J connectivity index is 2.44. The first kappa shape index (κ1) is 10.5. The number of carboxylic acids is 1. The molecule has 4 nitrogen and oxygen atoms in total. The molecule has 0 saturated heterocycles. The predicted molar refractivity (Wildman–Crippen MR) is 67.9 cm³/mol. The van der Waals surface area contributed by atoms with Crippen molar-refractivity contribution in [3.63, 3.8) is 0 Å². The number of pyridine rings is 1. The Morgan fingerprint density at radius 2 is 1.83 bits per heavy atom. The van der Waals surface area contributed by atoms with E-state index in [-0.39, 0.29) is 11.3 Å². The third kappa shape index (κ3) is 1.47. The van der Waals surface area contributed by atoms with Gasteiger partial charge in [0, 0.05) is 10.8 Å². The fourth-order valence-electron chi connectivity index (χ4n) is 2.01. The van der Waals surface area contributed by atoms with E-state index in [0.717, 1.165) is 10.9 Å². The van der Waals surface area contributed by atoms with Crippen LogP contribution in [-0.2, 0) is 0 Å². The SMILES string of the molecule is O=C(O)c1ccc2nc3ccccc3cc2c1O. The summed E-state index contributed by atoms with van der Waals surface area (Å²) in [7, 11) is 0. The molecular weight excluding hydrogens is 230 g/mol. The van der Waals surface area contributed by atoms with Crippen molar-refractivity contribution in [3.05, 3.63) is 48.0 Å². The number of aromatic nitrogens is 1. The van der Waals surface area contributed by atoms with Crippen molar-refractivity contribution in [1.29, 1.82) is 0 Å². The number of para-hydroxylation sites is 1. The van der Waals surface area contributed by atoms with Gasteiger partial charge in [0.25, 0.3) is 0 Å². The maximum Gasteiger partial charge on any atom is 0.339 e.